The second-order valence-corrected chi connectivity index (χ2v) is 11.3. The summed E-state index contributed by atoms with van der Waals surface area (Å²) in [6.07, 6.45) is -0.188. The van der Waals surface area contributed by atoms with E-state index >= 15 is 0 Å². The monoisotopic (exact) mass is 494 g/mol. The first-order chi connectivity index (χ1) is 16.4. The Labute approximate surface area is 206 Å². The van der Waals surface area contributed by atoms with Gasteiger partial charge < -0.3 is 9.84 Å². The maximum absolute atomic E-state index is 13.8. The SMILES string of the molecule is Cc1cccc(S(=O)(=O)N2C[C@H](CCC(=O)C(C)(C)O)Oc3ccc(-c4cccc(C)n4)cc32)c1. The molecule has 0 saturated heterocycles. The van der Waals surface area contributed by atoms with E-state index in [9.17, 15) is 18.3 Å². The summed E-state index contributed by atoms with van der Waals surface area (Å²) in [5.41, 5.74) is 2.18. The molecule has 0 fully saturated rings. The molecule has 1 aliphatic rings. The highest BCUT2D eigenvalue weighted by atomic mass is 32.2. The molecule has 184 valence electrons. The number of carbonyl (C=O) groups excluding carboxylic acids is 1. The van der Waals surface area contributed by atoms with Gasteiger partial charge in [0.15, 0.2) is 5.78 Å². The molecule has 2 heterocycles. The summed E-state index contributed by atoms with van der Waals surface area (Å²) < 4.78 is 35.1. The van der Waals surface area contributed by atoms with Gasteiger partial charge in [-0.25, -0.2) is 8.42 Å². The van der Waals surface area contributed by atoms with Crippen molar-refractivity contribution < 1.29 is 23.1 Å². The summed E-state index contributed by atoms with van der Waals surface area (Å²) in [5.74, 6) is 0.102. The zero-order chi connectivity index (χ0) is 25.4. The fourth-order valence-corrected chi connectivity index (χ4v) is 5.66. The molecule has 1 atom stereocenters. The van der Waals surface area contributed by atoms with Gasteiger partial charge in [-0.3, -0.25) is 14.1 Å². The fraction of sp³-hybridized carbons (Fsp3) is 0.333. The lowest BCUT2D eigenvalue weighted by Gasteiger charge is -2.36. The molecular formula is C27H30N2O5S. The molecule has 35 heavy (non-hydrogen) atoms. The number of sulfonamides is 1. The molecule has 3 aromatic rings. The molecule has 0 radical (unpaired) electrons. The van der Waals surface area contributed by atoms with Crippen molar-refractivity contribution in [3.63, 3.8) is 0 Å². The number of aliphatic hydroxyl groups is 1. The quantitative estimate of drug-likeness (QED) is 0.522. The second kappa shape index (κ2) is 9.43. The van der Waals surface area contributed by atoms with Crippen molar-refractivity contribution >= 4 is 21.5 Å². The molecule has 4 rings (SSSR count). The van der Waals surface area contributed by atoms with Crippen molar-refractivity contribution in [2.45, 2.75) is 57.1 Å². The molecule has 8 heteroatoms. The molecular weight excluding hydrogens is 464 g/mol. The zero-order valence-electron chi connectivity index (χ0n) is 20.4. The third kappa shape index (κ3) is 5.39. The van der Waals surface area contributed by atoms with Gasteiger partial charge in [0.2, 0.25) is 0 Å². The number of anilines is 1. The highest BCUT2D eigenvalue weighted by Crippen LogP contribution is 2.40. The summed E-state index contributed by atoms with van der Waals surface area (Å²) in [6, 6.07) is 17.9. The highest BCUT2D eigenvalue weighted by molar-refractivity contribution is 7.92. The van der Waals surface area contributed by atoms with Gasteiger partial charge in [-0.05, 0) is 82.1 Å². The second-order valence-electron chi connectivity index (χ2n) is 9.46. The van der Waals surface area contributed by atoms with Crippen LogP contribution in [0.15, 0.2) is 65.6 Å². The number of hydrogen-bond acceptors (Lipinski definition) is 6. The van der Waals surface area contributed by atoms with Gasteiger partial charge in [0.25, 0.3) is 10.0 Å². The Morgan fingerprint density at radius 2 is 1.86 bits per heavy atom. The van der Waals surface area contributed by atoms with Crippen LogP contribution in [0.2, 0.25) is 0 Å². The van der Waals surface area contributed by atoms with Crippen LogP contribution in [-0.2, 0) is 14.8 Å². The smallest absolute Gasteiger partial charge is 0.264 e. The normalized spacial score (nSPS) is 15.9. The van der Waals surface area contributed by atoms with Crippen LogP contribution < -0.4 is 9.04 Å². The van der Waals surface area contributed by atoms with Crippen molar-refractivity contribution in [2.75, 3.05) is 10.8 Å². The van der Waals surface area contributed by atoms with Crippen LogP contribution >= 0.6 is 0 Å². The predicted octanol–water partition coefficient (Wildman–Crippen LogP) is 4.44. The Morgan fingerprint density at radius 3 is 2.54 bits per heavy atom. The molecule has 1 N–H and O–H groups in total. The van der Waals surface area contributed by atoms with Crippen LogP contribution in [0.4, 0.5) is 5.69 Å². The van der Waals surface area contributed by atoms with Crippen molar-refractivity contribution in [3.8, 4) is 17.0 Å². The van der Waals surface area contributed by atoms with Crippen molar-refractivity contribution in [3.05, 3.63) is 71.9 Å². The van der Waals surface area contributed by atoms with Gasteiger partial charge in [0, 0.05) is 17.7 Å². The molecule has 0 aliphatic carbocycles. The lowest BCUT2D eigenvalue weighted by molar-refractivity contribution is -0.134. The number of ether oxygens (including phenoxy) is 1. The molecule has 0 unspecified atom stereocenters. The molecule has 7 nitrogen and oxygen atoms in total. The van der Waals surface area contributed by atoms with E-state index in [1.807, 2.05) is 44.2 Å². The summed E-state index contributed by atoms with van der Waals surface area (Å²) in [5, 5.41) is 9.99. The van der Waals surface area contributed by atoms with Crippen LogP contribution in [0.1, 0.15) is 37.9 Å². The van der Waals surface area contributed by atoms with Gasteiger partial charge in [0.05, 0.1) is 22.8 Å². The van der Waals surface area contributed by atoms with Gasteiger partial charge in [-0.2, -0.15) is 0 Å². The van der Waals surface area contributed by atoms with E-state index in [1.165, 1.54) is 18.2 Å². The number of aromatic nitrogens is 1. The van der Waals surface area contributed by atoms with Crippen LogP contribution in [0.3, 0.4) is 0 Å². The lowest BCUT2D eigenvalue weighted by Crippen LogP contribution is -2.44. The summed E-state index contributed by atoms with van der Waals surface area (Å²) in [7, 11) is -3.91. The number of rotatable bonds is 7. The molecule has 0 saturated carbocycles. The van der Waals surface area contributed by atoms with E-state index in [2.05, 4.69) is 4.98 Å². The maximum atomic E-state index is 13.8. The largest absolute Gasteiger partial charge is 0.486 e. The minimum Gasteiger partial charge on any atom is -0.486 e. The minimum atomic E-state index is -3.91. The van der Waals surface area contributed by atoms with Gasteiger partial charge in [-0.15, -0.1) is 0 Å². The fourth-order valence-electron chi connectivity index (χ4n) is 4.05. The summed E-state index contributed by atoms with van der Waals surface area (Å²) >= 11 is 0. The Morgan fingerprint density at radius 1 is 1.11 bits per heavy atom. The van der Waals surface area contributed by atoms with Crippen LogP contribution in [0.5, 0.6) is 5.75 Å². The van der Waals surface area contributed by atoms with E-state index in [1.54, 1.807) is 30.3 Å². The van der Waals surface area contributed by atoms with Crippen LogP contribution in [0.25, 0.3) is 11.3 Å². The average molecular weight is 495 g/mol. The van der Waals surface area contributed by atoms with Crippen LogP contribution in [0, 0.1) is 13.8 Å². The molecule has 0 bridgehead atoms. The molecule has 0 amide bonds. The lowest BCUT2D eigenvalue weighted by atomic mass is 9.98. The molecule has 0 spiro atoms. The standard InChI is InChI=1S/C27H30N2O5S/c1-18-7-5-9-22(15-18)35(32,33)29-17-21(12-14-26(30)27(3,4)31)34-25-13-11-20(16-24(25)29)23-10-6-8-19(2)28-23/h5-11,13,15-16,21,31H,12,14,17H2,1-4H3/t21-/m0/s1. The van der Waals surface area contributed by atoms with E-state index in [4.69, 9.17) is 4.74 Å². The number of hydrogen-bond donors (Lipinski definition) is 1. The van der Waals surface area contributed by atoms with Crippen molar-refractivity contribution in [1.82, 2.24) is 4.98 Å². The number of Topliss-reactive ketones (excluding diaryl/α,β-unsaturated/α-hetero) is 1. The van der Waals surface area contributed by atoms with E-state index < -0.39 is 21.7 Å². The minimum absolute atomic E-state index is 0.0487. The van der Waals surface area contributed by atoms with Gasteiger partial charge in [0.1, 0.15) is 17.5 Å². The number of fused-ring (bicyclic) bond motifs is 1. The number of benzene rings is 2. The Bertz CT molecular complexity index is 1360. The first-order valence-corrected chi connectivity index (χ1v) is 13.0. The first kappa shape index (κ1) is 24.9. The number of aryl methyl sites for hydroxylation is 2. The van der Waals surface area contributed by atoms with Gasteiger partial charge >= 0.3 is 0 Å². The Hall–Kier alpha value is -3.23. The summed E-state index contributed by atoms with van der Waals surface area (Å²) in [4.78, 5) is 17.0. The maximum Gasteiger partial charge on any atom is 0.264 e. The van der Waals surface area contributed by atoms with E-state index in [0.29, 0.717) is 11.4 Å². The Balaban J connectivity index is 1.75. The first-order valence-electron chi connectivity index (χ1n) is 11.5. The number of ketones is 1. The summed E-state index contributed by atoms with van der Waals surface area (Å²) in [6.45, 7) is 6.69. The topological polar surface area (TPSA) is 96.8 Å². The average Bonchev–Trinajstić information content (AvgIpc) is 2.81. The Kier molecular flexibility index (Phi) is 6.71. The van der Waals surface area contributed by atoms with Crippen LogP contribution in [-0.4, -0.2) is 42.5 Å². The van der Waals surface area contributed by atoms with E-state index in [0.717, 1.165) is 22.5 Å². The highest BCUT2D eigenvalue weighted by Gasteiger charge is 2.36. The predicted molar refractivity (Wildman–Crippen MR) is 135 cm³/mol. The number of carbonyl (C=O) groups is 1. The molecule has 2 aromatic carbocycles. The third-order valence-corrected chi connectivity index (χ3v) is 7.80. The third-order valence-electron chi connectivity index (χ3n) is 6.03. The number of pyridine rings is 1. The van der Waals surface area contributed by atoms with Crippen molar-refractivity contribution in [1.29, 1.82) is 0 Å². The number of nitrogens with zero attached hydrogens (tertiary/aromatic N) is 2. The molecule has 1 aliphatic heterocycles. The van der Waals surface area contributed by atoms with Crippen molar-refractivity contribution in [2.24, 2.45) is 0 Å². The zero-order valence-corrected chi connectivity index (χ0v) is 21.2. The van der Waals surface area contributed by atoms with Gasteiger partial charge in [-0.1, -0.05) is 18.2 Å². The van der Waals surface area contributed by atoms with E-state index in [-0.39, 0.29) is 30.1 Å². The molecule has 1 aromatic heterocycles.